The molecular formula is C12H10ClN5O2S. The lowest BCUT2D eigenvalue weighted by molar-refractivity contribution is 0.602. The highest BCUT2D eigenvalue weighted by Gasteiger charge is 2.09. The molecule has 0 saturated heterocycles. The van der Waals surface area contributed by atoms with Crippen LogP contribution in [0.25, 0.3) is 5.78 Å². The molecule has 0 aliphatic carbocycles. The Bertz CT molecular complexity index is 905. The van der Waals surface area contributed by atoms with Crippen LogP contribution in [0.5, 0.6) is 0 Å². The summed E-state index contributed by atoms with van der Waals surface area (Å²) in [6, 6.07) is 7.98. The first-order valence-electron chi connectivity index (χ1n) is 5.87. The normalized spacial score (nSPS) is 11.7. The van der Waals surface area contributed by atoms with Crippen LogP contribution >= 0.6 is 11.6 Å². The maximum Gasteiger partial charge on any atom is 0.255 e. The Kier molecular flexibility index (Phi) is 3.26. The van der Waals surface area contributed by atoms with E-state index in [0.29, 0.717) is 17.3 Å². The van der Waals surface area contributed by atoms with Gasteiger partial charge in [0.1, 0.15) is 17.3 Å². The van der Waals surface area contributed by atoms with Crippen LogP contribution in [0.3, 0.4) is 0 Å². The van der Waals surface area contributed by atoms with E-state index in [1.54, 1.807) is 18.2 Å². The summed E-state index contributed by atoms with van der Waals surface area (Å²) in [5.41, 5.74) is 0.696. The average Bonchev–Trinajstić information content (AvgIpc) is 2.86. The number of fused-ring (bicyclic) bond motifs is 1. The van der Waals surface area contributed by atoms with Gasteiger partial charge in [-0.3, -0.25) is 0 Å². The highest BCUT2D eigenvalue weighted by atomic mass is 35.5. The predicted octanol–water partition coefficient (Wildman–Crippen LogP) is 1.92. The Hall–Kier alpha value is -2.19. The second-order valence-electron chi connectivity index (χ2n) is 4.36. The SMILES string of the molecule is CS(=O)(=O)c1ccc(Nc2cc(Cl)nc3ncnn23)cc1. The van der Waals surface area contributed by atoms with Crippen LogP contribution < -0.4 is 5.32 Å². The molecule has 1 aromatic carbocycles. The Balaban J connectivity index is 1.97. The van der Waals surface area contributed by atoms with E-state index < -0.39 is 9.84 Å². The Labute approximate surface area is 125 Å². The van der Waals surface area contributed by atoms with Crippen molar-refractivity contribution in [2.75, 3.05) is 11.6 Å². The summed E-state index contributed by atoms with van der Waals surface area (Å²) in [5, 5.41) is 7.42. The monoisotopic (exact) mass is 323 g/mol. The number of hydrogen-bond donors (Lipinski definition) is 1. The van der Waals surface area contributed by atoms with Crippen LogP contribution in [0.4, 0.5) is 11.5 Å². The number of hydrogen-bond acceptors (Lipinski definition) is 6. The molecule has 0 spiro atoms. The Morgan fingerprint density at radius 2 is 1.95 bits per heavy atom. The fraction of sp³-hybridized carbons (Fsp3) is 0.0833. The van der Waals surface area contributed by atoms with Crippen molar-refractivity contribution in [3.05, 3.63) is 41.8 Å². The van der Waals surface area contributed by atoms with Gasteiger partial charge in [0.25, 0.3) is 5.78 Å². The number of anilines is 2. The van der Waals surface area contributed by atoms with E-state index in [1.165, 1.54) is 23.0 Å². The lowest BCUT2D eigenvalue weighted by Gasteiger charge is -2.08. The molecule has 7 nitrogen and oxygen atoms in total. The van der Waals surface area contributed by atoms with E-state index >= 15 is 0 Å². The van der Waals surface area contributed by atoms with Crippen molar-refractivity contribution < 1.29 is 8.42 Å². The third-order valence-electron chi connectivity index (χ3n) is 2.78. The minimum Gasteiger partial charge on any atom is -0.340 e. The zero-order valence-corrected chi connectivity index (χ0v) is 12.4. The number of halogens is 1. The first-order valence-corrected chi connectivity index (χ1v) is 8.14. The molecule has 0 aliphatic rings. The summed E-state index contributed by atoms with van der Waals surface area (Å²) in [7, 11) is -3.21. The summed E-state index contributed by atoms with van der Waals surface area (Å²) in [5.74, 6) is 0.951. The lowest BCUT2D eigenvalue weighted by Crippen LogP contribution is -2.02. The molecule has 0 fully saturated rings. The zero-order chi connectivity index (χ0) is 15.0. The molecule has 0 radical (unpaired) electrons. The second-order valence-corrected chi connectivity index (χ2v) is 6.76. The highest BCUT2D eigenvalue weighted by molar-refractivity contribution is 7.90. The summed E-state index contributed by atoms with van der Waals surface area (Å²) in [6.07, 6.45) is 2.54. The fourth-order valence-electron chi connectivity index (χ4n) is 1.81. The Morgan fingerprint density at radius 1 is 1.24 bits per heavy atom. The molecule has 0 amide bonds. The van der Waals surface area contributed by atoms with Gasteiger partial charge in [0, 0.05) is 18.0 Å². The van der Waals surface area contributed by atoms with Crippen molar-refractivity contribution >= 4 is 38.7 Å². The van der Waals surface area contributed by atoms with Gasteiger partial charge in [-0.25, -0.2) is 8.42 Å². The van der Waals surface area contributed by atoms with Crippen molar-refractivity contribution in [3.8, 4) is 0 Å². The van der Waals surface area contributed by atoms with Crippen molar-refractivity contribution in [1.82, 2.24) is 19.6 Å². The van der Waals surface area contributed by atoms with Gasteiger partial charge in [-0.05, 0) is 24.3 Å². The first kappa shape index (κ1) is 13.8. The van der Waals surface area contributed by atoms with Crippen molar-refractivity contribution in [1.29, 1.82) is 0 Å². The minimum atomic E-state index is -3.21. The van der Waals surface area contributed by atoms with E-state index in [1.807, 2.05) is 0 Å². The van der Waals surface area contributed by atoms with E-state index in [9.17, 15) is 8.42 Å². The molecular weight excluding hydrogens is 314 g/mol. The molecule has 0 unspecified atom stereocenters. The van der Waals surface area contributed by atoms with Crippen LogP contribution in [-0.2, 0) is 9.84 Å². The van der Waals surface area contributed by atoms with Gasteiger partial charge in [-0.2, -0.15) is 19.6 Å². The van der Waals surface area contributed by atoms with E-state index in [0.717, 1.165) is 6.26 Å². The standard InChI is InChI=1S/C12H10ClN5O2S/c1-21(19,20)9-4-2-8(3-5-9)16-11-6-10(13)17-12-14-7-15-18(11)12/h2-7,16H,1H3. The van der Waals surface area contributed by atoms with Gasteiger partial charge < -0.3 is 5.32 Å². The molecule has 1 N–H and O–H groups in total. The molecule has 0 atom stereocenters. The van der Waals surface area contributed by atoms with Gasteiger partial charge >= 0.3 is 0 Å². The quantitative estimate of drug-likeness (QED) is 0.741. The molecule has 0 aliphatic heterocycles. The molecule has 3 aromatic rings. The second kappa shape index (κ2) is 4.97. The molecule has 2 heterocycles. The van der Waals surface area contributed by atoms with E-state index in [4.69, 9.17) is 11.6 Å². The predicted molar refractivity (Wildman–Crippen MR) is 78.6 cm³/mol. The minimum absolute atomic E-state index is 0.256. The summed E-state index contributed by atoms with van der Waals surface area (Å²) < 4.78 is 24.3. The molecule has 3 rings (SSSR count). The van der Waals surface area contributed by atoms with E-state index in [-0.39, 0.29) is 10.0 Å². The summed E-state index contributed by atoms with van der Waals surface area (Å²) in [4.78, 5) is 8.24. The molecule has 0 saturated carbocycles. The highest BCUT2D eigenvalue weighted by Crippen LogP contribution is 2.21. The van der Waals surface area contributed by atoms with Gasteiger partial charge in [-0.15, -0.1) is 0 Å². The van der Waals surface area contributed by atoms with Crippen LogP contribution in [0, 0.1) is 0 Å². The molecule has 21 heavy (non-hydrogen) atoms. The van der Waals surface area contributed by atoms with Gasteiger partial charge in [0.2, 0.25) is 0 Å². The third kappa shape index (κ3) is 2.81. The van der Waals surface area contributed by atoms with Gasteiger partial charge in [0.05, 0.1) is 4.90 Å². The molecule has 108 valence electrons. The number of rotatable bonds is 3. The maximum atomic E-state index is 11.4. The Morgan fingerprint density at radius 3 is 2.62 bits per heavy atom. The van der Waals surface area contributed by atoms with Crippen LogP contribution in [0.1, 0.15) is 0 Å². The van der Waals surface area contributed by atoms with Gasteiger partial charge in [-0.1, -0.05) is 11.6 Å². The number of benzene rings is 1. The molecule has 9 heteroatoms. The van der Waals surface area contributed by atoms with Crippen LogP contribution in [0.15, 0.2) is 41.6 Å². The topological polar surface area (TPSA) is 89.2 Å². The zero-order valence-electron chi connectivity index (χ0n) is 10.9. The first-order chi connectivity index (χ1) is 9.93. The van der Waals surface area contributed by atoms with E-state index in [2.05, 4.69) is 20.4 Å². The van der Waals surface area contributed by atoms with Crippen LogP contribution in [-0.4, -0.2) is 34.3 Å². The number of nitrogens with zero attached hydrogens (tertiary/aromatic N) is 4. The van der Waals surface area contributed by atoms with Gasteiger partial charge in [0.15, 0.2) is 9.84 Å². The number of aromatic nitrogens is 4. The van der Waals surface area contributed by atoms with Crippen molar-refractivity contribution in [2.24, 2.45) is 0 Å². The smallest absolute Gasteiger partial charge is 0.255 e. The summed E-state index contributed by atoms with van der Waals surface area (Å²) in [6.45, 7) is 0. The molecule has 0 bridgehead atoms. The average molecular weight is 324 g/mol. The number of sulfone groups is 1. The third-order valence-corrected chi connectivity index (χ3v) is 4.10. The lowest BCUT2D eigenvalue weighted by atomic mass is 10.3. The van der Waals surface area contributed by atoms with Crippen LogP contribution in [0.2, 0.25) is 5.15 Å². The number of nitrogens with one attached hydrogen (secondary N) is 1. The maximum absolute atomic E-state index is 11.4. The largest absolute Gasteiger partial charge is 0.340 e. The molecule has 2 aromatic heterocycles. The van der Waals surface area contributed by atoms with Crippen molar-refractivity contribution in [2.45, 2.75) is 4.90 Å². The summed E-state index contributed by atoms with van der Waals surface area (Å²) >= 11 is 5.92. The van der Waals surface area contributed by atoms with Crippen molar-refractivity contribution in [3.63, 3.8) is 0 Å². The fourth-order valence-corrected chi connectivity index (χ4v) is 2.62.